The van der Waals surface area contributed by atoms with Crippen molar-refractivity contribution < 1.29 is 13.9 Å². The molecule has 3 aromatic rings. The van der Waals surface area contributed by atoms with Gasteiger partial charge in [0, 0.05) is 42.4 Å². The molecule has 1 aromatic carbocycles. The van der Waals surface area contributed by atoms with Crippen LogP contribution < -0.4 is 5.56 Å². The molecule has 4 rings (SSSR count). The third-order valence-electron chi connectivity index (χ3n) is 5.90. The summed E-state index contributed by atoms with van der Waals surface area (Å²) >= 11 is 1.45. The van der Waals surface area contributed by atoms with Gasteiger partial charge in [-0.1, -0.05) is 23.9 Å². The molecule has 33 heavy (non-hydrogen) atoms. The molecule has 0 N–H and O–H groups in total. The van der Waals surface area contributed by atoms with Gasteiger partial charge < -0.3 is 9.30 Å². The summed E-state index contributed by atoms with van der Waals surface area (Å²) in [5, 5.41) is 0.624. The lowest BCUT2D eigenvalue weighted by Gasteiger charge is -2.30. The number of ether oxygens (including phenoxy) is 1. The second-order valence-electron chi connectivity index (χ2n) is 8.13. The van der Waals surface area contributed by atoms with Crippen molar-refractivity contribution in [1.29, 1.82) is 0 Å². The molecular weight excluding hydrogens is 443 g/mol. The lowest BCUT2D eigenvalue weighted by Crippen LogP contribution is -2.27. The lowest BCUT2D eigenvalue weighted by molar-refractivity contribution is -0.146. The van der Waals surface area contributed by atoms with E-state index in [9.17, 15) is 14.0 Å². The second kappa shape index (κ2) is 10.7. The van der Waals surface area contributed by atoms with E-state index in [1.54, 1.807) is 24.5 Å². The fourth-order valence-electron chi connectivity index (χ4n) is 4.11. The highest BCUT2D eigenvalue weighted by Crippen LogP contribution is 2.35. The van der Waals surface area contributed by atoms with Gasteiger partial charge in [-0.25, -0.2) is 14.4 Å². The van der Waals surface area contributed by atoms with E-state index in [-0.39, 0.29) is 29.3 Å². The number of rotatable bonds is 7. The molecule has 7 nitrogen and oxygen atoms in total. The van der Waals surface area contributed by atoms with Crippen LogP contribution in [0.25, 0.3) is 0 Å². The van der Waals surface area contributed by atoms with Gasteiger partial charge in [0.2, 0.25) is 0 Å². The first-order chi connectivity index (χ1) is 16.0. The van der Waals surface area contributed by atoms with Crippen LogP contribution in [0.2, 0.25) is 0 Å². The summed E-state index contributed by atoms with van der Waals surface area (Å²) in [6.45, 7) is 0. The zero-order valence-electron chi connectivity index (χ0n) is 18.3. The summed E-state index contributed by atoms with van der Waals surface area (Å²) in [7, 11) is 1.42. The van der Waals surface area contributed by atoms with Crippen LogP contribution in [0.4, 0.5) is 4.39 Å². The molecule has 1 saturated carbocycles. The van der Waals surface area contributed by atoms with E-state index in [2.05, 4.69) is 19.5 Å². The normalized spacial score (nSPS) is 18.1. The first kappa shape index (κ1) is 23.1. The van der Waals surface area contributed by atoms with E-state index in [1.807, 2.05) is 6.20 Å². The monoisotopic (exact) mass is 468 g/mol. The number of methoxy groups -OCH3 is 1. The molecule has 2 aromatic heterocycles. The van der Waals surface area contributed by atoms with E-state index in [0.29, 0.717) is 22.9 Å². The molecule has 0 spiro atoms. The Labute approximate surface area is 195 Å². The van der Waals surface area contributed by atoms with Crippen molar-refractivity contribution in [3.63, 3.8) is 0 Å². The number of esters is 1. The van der Waals surface area contributed by atoms with Gasteiger partial charge in [0.15, 0.2) is 5.16 Å². The molecule has 1 fully saturated rings. The minimum Gasteiger partial charge on any atom is -0.469 e. The summed E-state index contributed by atoms with van der Waals surface area (Å²) in [4.78, 5) is 37.2. The Morgan fingerprint density at radius 2 is 1.82 bits per heavy atom. The number of halogens is 1. The predicted octanol–water partition coefficient (Wildman–Crippen LogP) is 3.96. The maximum absolute atomic E-state index is 13.2. The Kier molecular flexibility index (Phi) is 7.49. The van der Waals surface area contributed by atoms with Crippen molar-refractivity contribution in [2.45, 2.75) is 49.1 Å². The van der Waals surface area contributed by atoms with Gasteiger partial charge in [-0.15, -0.1) is 0 Å². The molecule has 0 unspecified atom stereocenters. The summed E-state index contributed by atoms with van der Waals surface area (Å²) in [6, 6.07) is 6.44. The molecule has 1 aliphatic rings. The highest BCUT2D eigenvalue weighted by Gasteiger charge is 2.29. The lowest BCUT2D eigenvalue weighted by atomic mass is 9.86. The van der Waals surface area contributed by atoms with Crippen molar-refractivity contribution >= 4 is 17.7 Å². The van der Waals surface area contributed by atoms with Crippen LogP contribution in [0.5, 0.6) is 0 Å². The largest absolute Gasteiger partial charge is 0.469 e. The summed E-state index contributed by atoms with van der Waals surface area (Å²) in [5.74, 6) is 0.0308. The summed E-state index contributed by atoms with van der Waals surface area (Å²) < 4.78 is 20.2. The van der Waals surface area contributed by atoms with Crippen LogP contribution in [0.15, 0.2) is 59.1 Å². The topological polar surface area (TPSA) is 87.0 Å². The van der Waals surface area contributed by atoms with Gasteiger partial charge in [-0.2, -0.15) is 4.98 Å². The molecule has 0 atom stereocenters. The van der Waals surface area contributed by atoms with Gasteiger partial charge in [-0.05, 0) is 48.9 Å². The molecule has 0 bridgehead atoms. The maximum Gasteiger partial charge on any atom is 0.308 e. The second-order valence-corrected chi connectivity index (χ2v) is 9.07. The fourth-order valence-corrected chi connectivity index (χ4v) is 5.10. The van der Waals surface area contributed by atoms with E-state index in [1.165, 1.54) is 37.3 Å². The number of hydrogen-bond donors (Lipinski definition) is 0. The molecule has 0 amide bonds. The molecule has 172 valence electrons. The van der Waals surface area contributed by atoms with Crippen LogP contribution in [0.1, 0.15) is 48.4 Å². The summed E-state index contributed by atoms with van der Waals surface area (Å²) in [5.41, 5.74) is 2.08. The van der Waals surface area contributed by atoms with Crippen molar-refractivity contribution in [3.05, 3.63) is 82.0 Å². The first-order valence-electron chi connectivity index (χ1n) is 10.8. The minimum absolute atomic E-state index is 0.0881. The van der Waals surface area contributed by atoms with Gasteiger partial charge in [0.1, 0.15) is 12.1 Å². The number of nitrogens with zero attached hydrogens (tertiary/aromatic N) is 4. The van der Waals surface area contributed by atoms with Crippen LogP contribution in [-0.2, 0) is 21.7 Å². The zero-order valence-corrected chi connectivity index (χ0v) is 19.1. The molecule has 2 heterocycles. The van der Waals surface area contributed by atoms with Crippen LogP contribution in [0.3, 0.4) is 0 Å². The Morgan fingerprint density at radius 1 is 1.12 bits per heavy atom. The Morgan fingerprint density at radius 3 is 2.48 bits per heavy atom. The van der Waals surface area contributed by atoms with Crippen molar-refractivity contribution in [1.82, 2.24) is 19.5 Å². The molecule has 9 heteroatoms. The number of carbonyl (C=O) groups excluding carboxylic acids is 1. The van der Waals surface area contributed by atoms with E-state index < -0.39 is 0 Å². The van der Waals surface area contributed by atoms with Crippen molar-refractivity contribution in [2.75, 3.05) is 7.11 Å². The quantitative estimate of drug-likeness (QED) is 0.295. The molecule has 0 aliphatic heterocycles. The average Bonchev–Trinajstić information content (AvgIpc) is 2.85. The average molecular weight is 469 g/mol. The summed E-state index contributed by atoms with van der Waals surface area (Å²) in [6.07, 6.45) is 10.2. The first-order valence-corrected chi connectivity index (χ1v) is 11.8. The van der Waals surface area contributed by atoms with Crippen molar-refractivity contribution in [2.24, 2.45) is 5.92 Å². The maximum atomic E-state index is 13.2. The van der Waals surface area contributed by atoms with E-state index >= 15 is 0 Å². The van der Waals surface area contributed by atoms with Crippen LogP contribution in [0, 0.1) is 11.7 Å². The highest BCUT2D eigenvalue weighted by molar-refractivity contribution is 7.98. The molecule has 0 saturated heterocycles. The molecular formula is C24H25FN4O3S. The van der Waals surface area contributed by atoms with Gasteiger partial charge >= 0.3 is 5.97 Å². The third kappa shape index (κ3) is 5.84. The SMILES string of the molecule is COC(=O)C1CCC(n2cc(Cc3cncnc3)c(=O)nc2SCc2ccc(F)cc2)CC1. The molecule has 1 aliphatic carbocycles. The predicted molar refractivity (Wildman–Crippen MR) is 122 cm³/mol. The zero-order chi connectivity index (χ0) is 23.2. The molecule has 0 radical (unpaired) electrons. The highest BCUT2D eigenvalue weighted by atomic mass is 32.2. The Hall–Kier alpha value is -3.07. The Balaban J connectivity index is 1.60. The number of aromatic nitrogens is 4. The smallest absolute Gasteiger partial charge is 0.308 e. The van der Waals surface area contributed by atoms with Gasteiger partial charge in [0.25, 0.3) is 5.56 Å². The van der Waals surface area contributed by atoms with Crippen LogP contribution >= 0.6 is 11.8 Å². The van der Waals surface area contributed by atoms with Crippen LogP contribution in [-0.4, -0.2) is 32.6 Å². The minimum atomic E-state index is -0.282. The number of hydrogen-bond acceptors (Lipinski definition) is 7. The number of thioether (sulfide) groups is 1. The van der Waals surface area contributed by atoms with Crippen molar-refractivity contribution in [3.8, 4) is 0 Å². The van der Waals surface area contributed by atoms with E-state index in [4.69, 9.17) is 4.74 Å². The standard InChI is InChI=1S/C24H25FN4O3S/c1-32-23(31)18-4-8-21(9-5-18)29-13-19(10-17-11-26-15-27-12-17)22(30)28-24(29)33-14-16-2-6-20(25)7-3-16/h2-3,6-7,11-13,15,18,21H,4-5,8-10,14H2,1H3. The number of carbonyl (C=O) groups is 1. The third-order valence-corrected chi connectivity index (χ3v) is 6.94. The van der Waals surface area contributed by atoms with E-state index in [0.717, 1.165) is 36.8 Å². The van der Waals surface area contributed by atoms with Gasteiger partial charge in [-0.3, -0.25) is 9.59 Å². The van der Waals surface area contributed by atoms with Gasteiger partial charge in [0.05, 0.1) is 13.0 Å². The Bertz CT molecular complexity index is 1150. The fraction of sp³-hybridized carbons (Fsp3) is 0.375. The number of benzene rings is 1.